The van der Waals surface area contributed by atoms with Gasteiger partial charge >= 0.3 is 0 Å². The molecule has 17 heavy (non-hydrogen) atoms. The highest BCUT2D eigenvalue weighted by Crippen LogP contribution is 2.17. The van der Waals surface area contributed by atoms with E-state index in [1.54, 1.807) is 12.3 Å². The Kier molecular flexibility index (Phi) is 3.95. The zero-order chi connectivity index (χ0) is 12.1. The van der Waals surface area contributed by atoms with Crippen LogP contribution in [0.15, 0.2) is 47.1 Å². The van der Waals surface area contributed by atoms with Crippen molar-refractivity contribution in [3.05, 3.63) is 52.8 Å². The number of nitrogen functional groups attached to an aromatic ring is 1. The standard InChI is InChI=1S/C12H12BrN3O/c13-9-1-3-12(4-2-9)17-8-11-7-10(16-14)5-6-15-11/h1-7H,8,14H2,(H,15,16). The Labute approximate surface area is 108 Å². The molecule has 88 valence electrons. The largest absolute Gasteiger partial charge is 0.487 e. The van der Waals surface area contributed by atoms with Gasteiger partial charge in [0.2, 0.25) is 0 Å². The summed E-state index contributed by atoms with van der Waals surface area (Å²) in [5.74, 6) is 6.13. The van der Waals surface area contributed by atoms with E-state index in [4.69, 9.17) is 10.6 Å². The number of nitrogens with zero attached hydrogens (tertiary/aromatic N) is 1. The summed E-state index contributed by atoms with van der Waals surface area (Å²) >= 11 is 3.37. The second-order valence-electron chi connectivity index (χ2n) is 3.42. The number of rotatable bonds is 4. The summed E-state index contributed by atoms with van der Waals surface area (Å²) in [7, 11) is 0. The highest BCUT2D eigenvalue weighted by atomic mass is 79.9. The molecule has 0 saturated heterocycles. The van der Waals surface area contributed by atoms with Gasteiger partial charge in [-0.2, -0.15) is 0 Å². The third-order valence-electron chi connectivity index (χ3n) is 2.18. The van der Waals surface area contributed by atoms with Crippen molar-refractivity contribution in [1.82, 2.24) is 4.98 Å². The molecule has 1 aromatic carbocycles. The van der Waals surface area contributed by atoms with Gasteiger partial charge in [-0.05, 0) is 36.4 Å². The van der Waals surface area contributed by atoms with E-state index in [0.29, 0.717) is 6.61 Å². The van der Waals surface area contributed by atoms with Gasteiger partial charge in [0, 0.05) is 10.7 Å². The van der Waals surface area contributed by atoms with Gasteiger partial charge in [0.15, 0.2) is 0 Å². The van der Waals surface area contributed by atoms with Crippen molar-refractivity contribution in [2.75, 3.05) is 5.43 Å². The first-order chi connectivity index (χ1) is 8.28. The zero-order valence-electron chi connectivity index (χ0n) is 9.06. The number of aromatic nitrogens is 1. The Morgan fingerprint density at radius 1 is 1.24 bits per heavy atom. The van der Waals surface area contributed by atoms with Crippen LogP contribution in [-0.4, -0.2) is 4.98 Å². The molecule has 1 heterocycles. The Morgan fingerprint density at radius 3 is 2.71 bits per heavy atom. The lowest BCUT2D eigenvalue weighted by Crippen LogP contribution is -2.08. The molecule has 2 aromatic rings. The molecule has 0 aliphatic carbocycles. The van der Waals surface area contributed by atoms with Crippen molar-refractivity contribution < 1.29 is 4.74 Å². The van der Waals surface area contributed by atoms with Crippen LogP contribution in [-0.2, 0) is 6.61 Å². The molecule has 4 nitrogen and oxygen atoms in total. The number of nitrogens with one attached hydrogen (secondary N) is 1. The lowest BCUT2D eigenvalue weighted by Gasteiger charge is -2.07. The maximum absolute atomic E-state index is 5.59. The van der Waals surface area contributed by atoms with E-state index in [1.165, 1.54) is 0 Å². The van der Waals surface area contributed by atoms with Gasteiger partial charge in [0.1, 0.15) is 12.4 Å². The summed E-state index contributed by atoms with van der Waals surface area (Å²) in [4.78, 5) is 4.19. The fourth-order valence-electron chi connectivity index (χ4n) is 1.33. The molecule has 0 radical (unpaired) electrons. The van der Waals surface area contributed by atoms with E-state index in [9.17, 15) is 0 Å². The van der Waals surface area contributed by atoms with Gasteiger partial charge < -0.3 is 10.2 Å². The van der Waals surface area contributed by atoms with Gasteiger partial charge in [-0.1, -0.05) is 15.9 Å². The molecule has 3 N–H and O–H groups in total. The van der Waals surface area contributed by atoms with Crippen LogP contribution in [0.4, 0.5) is 5.69 Å². The Morgan fingerprint density at radius 2 is 2.00 bits per heavy atom. The van der Waals surface area contributed by atoms with Gasteiger partial charge in [0.25, 0.3) is 0 Å². The van der Waals surface area contributed by atoms with Crippen molar-refractivity contribution >= 4 is 21.6 Å². The number of benzene rings is 1. The molecule has 0 atom stereocenters. The van der Waals surface area contributed by atoms with Gasteiger partial charge in [-0.3, -0.25) is 10.8 Å². The smallest absolute Gasteiger partial charge is 0.130 e. The normalized spacial score (nSPS) is 10.0. The number of hydrazine groups is 1. The number of pyridine rings is 1. The predicted molar refractivity (Wildman–Crippen MR) is 70.5 cm³/mol. The topological polar surface area (TPSA) is 60.2 Å². The van der Waals surface area contributed by atoms with Crippen molar-refractivity contribution in [3.8, 4) is 5.75 Å². The van der Waals surface area contributed by atoms with E-state index in [-0.39, 0.29) is 0 Å². The quantitative estimate of drug-likeness (QED) is 0.672. The fourth-order valence-corrected chi connectivity index (χ4v) is 1.60. The summed E-state index contributed by atoms with van der Waals surface area (Å²) < 4.78 is 6.62. The van der Waals surface area contributed by atoms with E-state index < -0.39 is 0 Å². The Hall–Kier alpha value is -1.59. The fraction of sp³-hybridized carbons (Fsp3) is 0.0833. The maximum Gasteiger partial charge on any atom is 0.130 e. The van der Waals surface area contributed by atoms with Crippen LogP contribution in [0.1, 0.15) is 5.69 Å². The molecule has 0 aliphatic rings. The number of nitrogens with two attached hydrogens (primary N) is 1. The number of halogens is 1. The van der Waals surface area contributed by atoms with Gasteiger partial charge in [-0.25, -0.2) is 0 Å². The van der Waals surface area contributed by atoms with E-state index >= 15 is 0 Å². The molecule has 0 aliphatic heterocycles. The third-order valence-corrected chi connectivity index (χ3v) is 2.71. The van der Waals surface area contributed by atoms with Crippen molar-refractivity contribution in [1.29, 1.82) is 0 Å². The molecule has 0 saturated carbocycles. The summed E-state index contributed by atoms with van der Waals surface area (Å²) in [6.07, 6.45) is 1.69. The number of ether oxygens (including phenoxy) is 1. The zero-order valence-corrected chi connectivity index (χ0v) is 10.6. The average molecular weight is 294 g/mol. The SMILES string of the molecule is NNc1ccnc(COc2ccc(Br)cc2)c1. The monoisotopic (exact) mass is 293 g/mol. The lowest BCUT2D eigenvalue weighted by atomic mass is 10.3. The number of hydrogen-bond acceptors (Lipinski definition) is 4. The first-order valence-electron chi connectivity index (χ1n) is 5.08. The highest BCUT2D eigenvalue weighted by molar-refractivity contribution is 9.10. The van der Waals surface area contributed by atoms with E-state index in [1.807, 2.05) is 30.3 Å². The van der Waals surface area contributed by atoms with Crippen molar-refractivity contribution in [2.45, 2.75) is 6.61 Å². The minimum atomic E-state index is 0.414. The molecule has 0 bridgehead atoms. The van der Waals surface area contributed by atoms with Crippen molar-refractivity contribution in [2.24, 2.45) is 5.84 Å². The summed E-state index contributed by atoms with van der Waals surface area (Å²) in [6.45, 7) is 0.414. The molecule has 5 heteroatoms. The number of anilines is 1. The second kappa shape index (κ2) is 5.65. The van der Waals surface area contributed by atoms with Gasteiger partial charge in [-0.15, -0.1) is 0 Å². The minimum Gasteiger partial charge on any atom is -0.487 e. The van der Waals surface area contributed by atoms with Crippen LogP contribution < -0.4 is 16.0 Å². The molecule has 0 spiro atoms. The van der Waals surface area contributed by atoms with E-state index in [2.05, 4.69) is 26.3 Å². The summed E-state index contributed by atoms with van der Waals surface area (Å²) in [5.41, 5.74) is 4.21. The molecule has 0 fully saturated rings. The van der Waals surface area contributed by atoms with Crippen LogP contribution in [0.3, 0.4) is 0 Å². The Bertz CT molecular complexity index is 487. The van der Waals surface area contributed by atoms with E-state index in [0.717, 1.165) is 21.6 Å². The van der Waals surface area contributed by atoms with Crippen LogP contribution in [0.25, 0.3) is 0 Å². The third kappa shape index (κ3) is 3.44. The molecule has 0 unspecified atom stereocenters. The molecule has 2 rings (SSSR count). The molecule has 0 amide bonds. The molecule has 1 aromatic heterocycles. The average Bonchev–Trinajstić information content (AvgIpc) is 2.38. The number of hydrogen-bond donors (Lipinski definition) is 2. The second-order valence-corrected chi connectivity index (χ2v) is 4.34. The van der Waals surface area contributed by atoms with Crippen molar-refractivity contribution in [3.63, 3.8) is 0 Å². The first-order valence-corrected chi connectivity index (χ1v) is 5.87. The summed E-state index contributed by atoms with van der Waals surface area (Å²) in [6, 6.07) is 11.3. The molecular formula is C12H12BrN3O. The maximum atomic E-state index is 5.59. The van der Waals surface area contributed by atoms with Crippen LogP contribution in [0.5, 0.6) is 5.75 Å². The highest BCUT2D eigenvalue weighted by Gasteiger charge is 1.98. The summed E-state index contributed by atoms with van der Waals surface area (Å²) in [5, 5.41) is 0. The lowest BCUT2D eigenvalue weighted by molar-refractivity contribution is 0.301. The van der Waals surface area contributed by atoms with Crippen LogP contribution >= 0.6 is 15.9 Å². The first kappa shape index (κ1) is 11.9. The van der Waals surface area contributed by atoms with Gasteiger partial charge in [0.05, 0.1) is 11.4 Å². The molecular weight excluding hydrogens is 282 g/mol. The van der Waals surface area contributed by atoms with Crippen LogP contribution in [0.2, 0.25) is 0 Å². The predicted octanol–water partition coefficient (Wildman–Crippen LogP) is 2.71. The van der Waals surface area contributed by atoms with Crippen LogP contribution in [0, 0.1) is 0 Å². The minimum absolute atomic E-state index is 0.414. The Balaban J connectivity index is 1.99.